The van der Waals surface area contributed by atoms with Crippen molar-refractivity contribution in [3.05, 3.63) is 71.8 Å². The Morgan fingerprint density at radius 2 is 1.90 bits per heavy atom. The van der Waals surface area contributed by atoms with Crippen LogP contribution in [0.4, 0.5) is 10.1 Å². The molecule has 1 aliphatic heterocycles. The van der Waals surface area contributed by atoms with Crippen LogP contribution in [0.15, 0.2) is 59.6 Å². The molecule has 0 spiro atoms. The number of hydrogen-bond donors (Lipinski definition) is 1. The van der Waals surface area contributed by atoms with Gasteiger partial charge in [-0.1, -0.05) is 12.1 Å². The zero-order valence-corrected chi connectivity index (χ0v) is 17.8. The molecule has 1 atom stereocenters. The van der Waals surface area contributed by atoms with E-state index in [1.54, 1.807) is 42.2 Å². The number of ether oxygens (including phenoxy) is 1. The number of hydrogen-bond acceptors (Lipinski definition) is 5. The molecule has 162 valence electrons. The predicted molar refractivity (Wildman–Crippen MR) is 112 cm³/mol. The van der Waals surface area contributed by atoms with E-state index in [2.05, 4.69) is 10.4 Å². The number of fused-ring (bicyclic) bond motifs is 1. The molecule has 10 heteroatoms. The number of benzene rings is 2. The number of amides is 1. The van der Waals surface area contributed by atoms with Crippen LogP contribution in [0.1, 0.15) is 17.2 Å². The Morgan fingerprint density at radius 1 is 1.19 bits per heavy atom. The number of aryl methyl sites for hydroxylation is 1. The van der Waals surface area contributed by atoms with Crippen molar-refractivity contribution >= 4 is 21.6 Å². The van der Waals surface area contributed by atoms with E-state index in [4.69, 9.17) is 4.74 Å². The summed E-state index contributed by atoms with van der Waals surface area (Å²) in [6.45, 7) is -0.0218. The van der Waals surface area contributed by atoms with Gasteiger partial charge in [0, 0.05) is 31.9 Å². The van der Waals surface area contributed by atoms with Gasteiger partial charge in [-0.3, -0.25) is 9.48 Å². The fourth-order valence-corrected chi connectivity index (χ4v) is 5.06. The Morgan fingerprint density at radius 3 is 2.61 bits per heavy atom. The van der Waals surface area contributed by atoms with Gasteiger partial charge >= 0.3 is 0 Å². The lowest BCUT2D eigenvalue weighted by molar-refractivity contribution is -0.118. The number of aromatic nitrogens is 2. The molecular weight excluding hydrogens is 423 g/mol. The van der Waals surface area contributed by atoms with Gasteiger partial charge in [-0.25, -0.2) is 12.8 Å². The smallest absolute Gasteiger partial charge is 0.243 e. The summed E-state index contributed by atoms with van der Waals surface area (Å²) >= 11 is 0. The van der Waals surface area contributed by atoms with E-state index in [1.165, 1.54) is 23.5 Å². The summed E-state index contributed by atoms with van der Waals surface area (Å²) in [6, 6.07) is 11.6. The second kappa shape index (κ2) is 8.12. The van der Waals surface area contributed by atoms with Crippen LogP contribution in [0.2, 0.25) is 0 Å². The Hall–Kier alpha value is -3.24. The van der Waals surface area contributed by atoms with E-state index in [9.17, 15) is 17.6 Å². The van der Waals surface area contributed by atoms with Crippen LogP contribution in [0.3, 0.4) is 0 Å². The molecule has 2 aromatic carbocycles. The van der Waals surface area contributed by atoms with E-state index in [0.29, 0.717) is 22.7 Å². The molecule has 0 unspecified atom stereocenters. The quantitative estimate of drug-likeness (QED) is 0.653. The van der Waals surface area contributed by atoms with Crippen molar-refractivity contribution in [2.24, 2.45) is 7.05 Å². The number of halogens is 1. The summed E-state index contributed by atoms with van der Waals surface area (Å²) in [6.07, 6.45) is 1.70. The predicted octanol–water partition coefficient (Wildman–Crippen LogP) is 2.49. The lowest BCUT2D eigenvalue weighted by Crippen LogP contribution is -2.41. The number of carbonyl (C=O) groups is 1. The van der Waals surface area contributed by atoms with Crippen LogP contribution in [0.25, 0.3) is 0 Å². The number of anilines is 1. The minimum absolute atomic E-state index is 0.0369. The summed E-state index contributed by atoms with van der Waals surface area (Å²) in [7, 11) is -0.725. The summed E-state index contributed by atoms with van der Waals surface area (Å²) in [5, 5.41) is 7.21. The third kappa shape index (κ3) is 4.04. The van der Waals surface area contributed by atoms with Gasteiger partial charge in [-0.05, 0) is 36.4 Å². The monoisotopic (exact) mass is 444 g/mol. The second-order valence-electron chi connectivity index (χ2n) is 7.21. The maximum atomic E-state index is 13.3. The van der Waals surface area contributed by atoms with Gasteiger partial charge in [0.2, 0.25) is 15.9 Å². The molecule has 2 heterocycles. The fourth-order valence-electron chi connectivity index (χ4n) is 3.63. The van der Waals surface area contributed by atoms with Crippen molar-refractivity contribution in [2.75, 3.05) is 19.0 Å². The third-order valence-electron chi connectivity index (χ3n) is 5.13. The van der Waals surface area contributed by atoms with Crippen molar-refractivity contribution in [1.82, 2.24) is 14.1 Å². The molecule has 4 rings (SSSR count). The normalized spacial score (nSPS) is 16.5. The highest BCUT2D eigenvalue weighted by atomic mass is 32.2. The van der Waals surface area contributed by atoms with Crippen molar-refractivity contribution in [1.29, 1.82) is 0 Å². The molecule has 0 saturated carbocycles. The first-order valence-corrected chi connectivity index (χ1v) is 11.0. The number of sulfonamides is 1. The largest absolute Gasteiger partial charge is 0.495 e. The van der Waals surface area contributed by atoms with Crippen LogP contribution < -0.4 is 10.1 Å². The maximum absolute atomic E-state index is 13.3. The number of rotatable bonds is 5. The molecule has 0 saturated heterocycles. The van der Waals surface area contributed by atoms with Gasteiger partial charge in [-0.2, -0.15) is 9.40 Å². The standard InChI is InChI=1S/C21H21FN4O4S/c1-25-11-14-12-26(31(28,29)16-9-7-15(22)8-10-16)13-17(20(14)24-25)21(27)23-18-5-3-4-6-19(18)30-2/h3-11,17H,12-13H2,1-2H3,(H,23,27)/t17-/m1/s1. The summed E-state index contributed by atoms with van der Waals surface area (Å²) in [4.78, 5) is 13.1. The number of carbonyl (C=O) groups excluding carboxylic acids is 1. The SMILES string of the molecule is COc1ccccc1NC(=O)[C@@H]1CN(S(=O)(=O)c2ccc(F)cc2)Cc2cn(C)nc21. The van der Waals surface area contributed by atoms with Crippen LogP contribution in [0.5, 0.6) is 5.75 Å². The molecule has 0 radical (unpaired) electrons. The van der Waals surface area contributed by atoms with Crippen LogP contribution in [-0.2, 0) is 28.4 Å². The Labute approximate surface area is 179 Å². The van der Waals surface area contributed by atoms with Crippen LogP contribution in [0, 0.1) is 5.82 Å². The molecule has 1 N–H and O–H groups in total. The summed E-state index contributed by atoms with van der Waals surface area (Å²) in [5.41, 5.74) is 1.64. The first-order valence-electron chi connectivity index (χ1n) is 9.51. The van der Waals surface area contributed by atoms with Crippen LogP contribution in [-0.4, -0.2) is 42.1 Å². The zero-order chi connectivity index (χ0) is 22.2. The molecule has 0 fully saturated rings. The molecule has 1 amide bonds. The van der Waals surface area contributed by atoms with E-state index in [-0.39, 0.29) is 18.0 Å². The molecule has 0 bridgehead atoms. The first kappa shape index (κ1) is 21.0. The summed E-state index contributed by atoms with van der Waals surface area (Å²) < 4.78 is 47.7. The van der Waals surface area contributed by atoms with Gasteiger partial charge in [0.25, 0.3) is 0 Å². The topological polar surface area (TPSA) is 93.5 Å². The number of nitrogens with one attached hydrogen (secondary N) is 1. The second-order valence-corrected chi connectivity index (χ2v) is 9.14. The van der Waals surface area contributed by atoms with Crippen molar-refractivity contribution in [3.63, 3.8) is 0 Å². The highest BCUT2D eigenvalue weighted by Gasteiger charge is 2.38. The fraction of sp³-hybridized carbons (Fsp3) is 0.238. The molecule has 31 heavy (non-hydrogen) atoms. The first-order chi connectivity index (χ1) is 14.8. The molecule has 1 aromatic heterocycles. The lowest BCUT2D eigenvalue weighted by Gasteiger charge is -2.30. The highest BCUT2D eigenvalue weighted by Crippen LogP contribution is 2.33. The van der Waals surface area contributed by atoms with Gasteiger partial charge in [0.1, 0.15) is 11.6 Å². The van der Waals surface area contributed by atoms with Crippen molar-refractivity contribution in [2.45, 2.75) is 17.4 Å². The Bertz CT molecular complexity index is 1220. The lowest BCUT2D eigenvalue weighted by atomic mass is 9.97. The average Bonchev–Trinajstić information content (AvgIpc) is 3.13. The minimum Gasteiger partial charge on any atom is -0.495 e. The Kier molecular flexibility index (Phi) is 5.50. The maximum Gasteiger partial charge on any atom is 0.243 e. The van der Waals surface area contributed by atoms with E-state index in [1.807, 2.05) is 0 Å². The van der Waals surface area contributed by atoms with E-state index in [0.717, 1.165) is 12.1 Å². The third-order valence-corrected chi connectivity index (χ3v) is 6.96. The highest BCUT2D eigenvalue weighted by molar-refractivity contribution is 7.89. The van der Waals surface area contributed by atoms with Gasteiger partial charge in [0.05, 0.1) is 29.3 Å². The van der Waals surface area contributed by atoms with Gasteiger partial charge in [-0.15, -0.1) is 0 Å². The number of para-hydroxylation sites is 2. The summed E-state index contributed by atoms with van der Waals surface area (Å²) in [5.74, 6) is -1.27. The minimum atomic E-state index is -3.94. The van der Waals surface area contributed by atoms with E-state index < -0.39 is 27.7 Å². The molecule has 8 nitrogen and oxygen atoms in total. The zero-order valence-electron chi connectivity index (χ0n) is 16.9. The molecule has 1 aliphatic rings. The molecule has 0 aliphatic carbocycles. The van der Waals surface area contributed by atoms with E-state index >= 15 is 0 Å². The Balaban J connectivity index is 1.67. The molecule has 3 aromatic rings. The van der Waals surface area contributed by atoms with Crippen molar-refractivity contribution in [3.8, 4) is 5.75 Å². The molecular formula is C21H21FN4O4S. The van der Waals surface area contributed by atoms with Crippen LogP contribution >= 0.6 is 0 Å². The number of methoxy groups -OCH3 is 1. The number of nitrogens with zero attached hydrogens (tertiary/aromatic N) is 3. The van der Waals surface area contributed by atoms with Crippen molar-refractivity contribution < 1.29 is 22.3 Å². The van der Waals surface area contributed by atoms with Gasteiger partial charge in [0.15, 0.2) is 0 Å². The van der Waals surface area contributed by atoms with Gasteiger partial charge < -0.3 is 10.1 Å². The average molecular weight is 444 g/mol.